The van der Waals surface area contributed by atoms with Gasteiger partial charge in [0, 0.05) is 37.4 Å². The molecule has 12 heteroatoms. The summed E-state index contributed by atoms with van der Waals surface area (Å²) < 4.78 is 12.4. The molecule has 0 aliphatic carbocycles. The molecule has 1 fully saturated rings. The Morgan fingerprint density at radius 2 is 1.89 bits per heavy atom. The number of carbonyl (C=O) groups is 1. The molecule has 1 saturated heterocycles. The van der Waals surface area contributed by atoms with Gasteiger partial charge in [-0.2, -0.15) is 4.98 Å². The quantitative estimate of drug-likeness (QED) is 0.278. The van der Waals surface area contributed by atoms with Crippen LogP contribution in [0.15, 0.2) is 41.3 Å². The zero-order valence-corrected chi connectivity index (χ0v) is 27.6. The summed E-state index contributed by atoms with van der Waals surface area (Å²) in [5.74, 6) is 0.548. The van der Waals surface area contributed by atoms with Crippen LogP contribution >= 0.6 is 11.6 Å². The highest BCUT2D eigenvalue weighted by atomic mass is 35.5. The van der Waals surface area contributed by atoms with Crippen molar-refractivity contribution in [2.45, 2.75) is 66.0 Å². The molecule has 1 aromatic carbocycles. The molecule has 0 radical (unpaired) electrons. The van der Waals surface area contributed by atoms with Crippen molar-refractivity contribution in [1.82, 2.24) is 24.4 Å². The number of phenols is 1. The van der Waals surface area contributed by atoms with E-state index in [0.29, 0.717) is 47.7 Å². The van der Waals surface area contributed by atoms with Gasteiger partial charge in [-0.25, -0.2) is 19.1 Å². The topological polar surface area (TPSA) is 123 Å². The number of rotatable bonds is 5. The molecule has 11 nitrogen and oxygen atoms in total. The summed E-state index contributed by atoms with van der Waals surface area (Å²) in [6.07, 6.45) is 1.34. The number of aromatic hydroxyl groups is 1. The van der Waals surface area contributed by atoms with E-state index in [0.717, 1.165) is 11.3 Å². The van der Waals surface area contributed by atoms with Gasteiger partial charge >= 0.3 is 11.8 Å². The van der Waals surface area contributed by atoms with E-state index < -0.39 is 11.3 Å². The van der Waals surface area contributed by atoms with Gasteiger partial charge in [-0.3, -0.25) is 4.98 Å². The first-order valence-corrected chi connectivity index (χ1v) is 15.3. The fraction of sp³-hybridized carbons (Fsp3) is 0.424. The molecule has 1 unspecified atom stereocenters. The number of para-hydroxylation sites is 1. The van der Waals surface area contributed by atoms with E-state index >= 15 is 0 Å². The Balaban J connectivity index is 1.74. The first-order chi connectivity index (χ1) is 21.2. The SMILES string of the molecule is COc1cccc(-c2nc3c(cc2Cl)c(N2CCN(C(=O)OC(C)(C)C)CC2C)nc(=O)n3-c2c(C)ccnc2C(C)C)c1O. The molecule has 4 aromatic rings. The smallest absolute Gasteiger partial charge is 0.410 e. The van der Waals surface area contributed by atoms with Crippen molar-refractivity contribution in [3.8, 4) is 28.4 Å². The highest BCUT2D eigenvalue weighted by Gasteiger charge is 2.33. The molecule has 1 atom stereocenters. The second kappa shape index (κ2) is 12.2. The molecule has 3 aromatic heterocycles. The van der Waals surface area contributed by atoms with E-state index in [4.69, 9.17) is 26.1 Å². The van der Waals surface area contributed by atoms with Crippen LogP contribution in [-0.2, 0) is 4.74 Å². The molecule has 5 rings (SSSR count). The van der Waals surface area contributed by atoms with Crippen molar-refractivity contribution in [2.75, 3.05) is 31.6 Å². The molecule has 0 bridgehead atoms. The van der Waals surface area contributed by atoms with Crippen LogP contribution in [0.25, 0.3) is 28.0 Å². The lowest BCUT2D eigenvalue weighted by molar-refractivity contribution is 0.0218. The zero-order chi connectivity index (χ0) is 32.8. The molecule has 1 aliphatic heterocycles. The third-order valence-corrected chi connectivity index (χ3v) is 8.04. The Morgan fingerprint density at radius 1 is 1.16 bits per heavy atom. The Hall–Kier alpha value is -4.38. The minimum Gasteiger partial charge on any atom is -0.504 e. The minimum absolute atomic E-state index is 0.00307. The standard InChI is InChI=1S/C33H39ClN6O5/c1-18(2)25-27(19(3)12-13-35-25)40-30-22(16-23(34)26(36-30)21-10-9-11-24(44-8)28(21)41)29(37-31(40)42)39-15-14-38(17-20(39)4)32(43)45-33(5,6)7/h9-13,16,18,20,41H,14-15,17H2,1-8H3. The second-order valence-corrected chi connectivity index (χ2v) is 13.0. The number of aromatic nitrogens is 4. The third kappa shape index (κ3) is 6.13. The van der Waals surface area contributed by atoms with Crippen LogP contribution in [0, 0.1) is 6.92 Å². The number of amides is 1. The van der Waals surface area contributed by atoms with Crippen molar-refractivity contribution in [1.29, 1.82) is 0 Å². The number of fused-ring (bicyclic) bond motifs is 1. The number of hydrogen-bond acceptors (Lipinski definition) is 9. The van der Waals surface area contributed by atoms with E-state index in [1.165, 1.54) is 11.7 Å². The molecule has 238 valence electrons. The maximum absolute atomic E-state index is 14.1. The first kappa shape index (κ1) is 32.0. The number of methoxy groups -OCH3 is 1. The average Bonchev–Trinajstić information content (AvgIpc) is 2.96. The number of hydrogen-bond donors (Lipinski definition) is 1. The summed E-state index contributed by atoms with van der Waals surface area (Å²) in [4.78, 5) is 44.8. The highest BCUT2D eigenvalue weighted by molar-refractivity contribution is 6.34. The number of carbonyl (C=O) groups excluding carboxylic acids is 1. The Kier molecular flexibility index (Phi) is 8.68. The lowest BCUT2D eigenvalue weighted by atomic mass is 10.0. The number of aryl methyl sites for hydroxylation is 1. The molecule has 45 heavy (non-hydrogen) atoms. The maximum Gasteiger partial charge on any atom is 0.410 e. The fourth-order valence-electron chi connectivity index (χ4n) is 5.64. The third-order valence-electron chi connectivity index (χ3n) is 7.75. The summed E-state index contributed by atoms with van der Waals surface area (Å²) in [5.41, 5.74) is 1.94. The van der Waals surface area contributed by atoms with Crippen LogP contribution in [0.4, 0.5) is 10.6 Å². The van der Waals surface area contributed by atoms with Crippen LogP contribution < -0.4 is 15.3 Å². The van der Waals surface area contributed by atoms with Crippen molar-refractivity contribution in [2.24, 2.45) is 0 Å². The maximum atomic E-state index is 14.1. The van der Waals surface area contributed by atoms with Gasteiger partial charge in [-0.15, -0.1) is 0 Å². The summed E-state index contributed by atoms with van der Waals surface area (Å²) >= 11 is 6.90. The summed E-state index contributed by atoms with van der Waals surface area (Å²) in [5, 5.41) is 11.8. The van der Waals surface area contributed by atoms with E-state index in [9.17, 15) is 14.7 Å². The van der Waals surface area contributed by atoms with Gasteiger partial charge in [0.25, 0.3) is 0 Å². The monoisotopic (exact) mass is 634 g/mol. The van der Waals surface area contributed by atoms with Crippen LogP contribution in [0.3, 0.4) is 0 Å². The number of halogens is 1. The highest BCUT2D eigenvalue weighted by Crippen LogP contribution is 2.41. The molecule has 0 spiro atoms. The van der Waals surface area contributed by atoms with Crippen LogP contribution in [0.2, 0.25) is 5.02 Å². The molecular weight excluding hydrogens is 596 g/mol. The molecule has 1 amide bonds. The number of anilines is 1. The Labute approximate surface area is 267 Å². The van der Waals surface area contributed by atoms with Gasteiger partial charge in [0.05, 0.1) is 34.6 Å². The van der Waals surface area contributed by atoms with Crippen LogP contribution in [0.1, 0.15) is 58.7 Å². The van der Waals surface area contributed by atoms with Gasteiger partial charge in [-0.05, 0) is 70.4 Å². The lowest BCUT2D eigenvalue weighted by Gasteiger charge is -2.41. The van der Waals surface area contributed by atoms with Gasteiger partial charge in [0.1, 0.15) is 11.4 Å². The summed E-state index contributed by atoms with van der Waals surface area (Å²) in [6, 6.07) is 8.42. The lowest BCUT2D eigenvalue weighted by Crippen LogP contribution is -2.55. The Bertz CT molecular complexity index is 1830. The molecule has 0 saturated carbocycles. The minimum atomic E-state index is -0.615. The first-order valence-electron chi connectivity index (χ1n) is 14.9. The van der Waals surface area contributed by atoms with Crippen molar-refractivity contribution >= 4 is 34.5 Å². The van der Waals surface area contributed by atoms with Gasteiger partial charge < -0.3 is 24.4 Å². The number of ether oxygens (including phenoxy) is 2. The zero-order valence-electron chi connectivity index (χ0n) is 26.9. The van der Waals surface area contributed by atoms with Crippen LogP contribution in [0.5, 0.6) is 11.5 Å². The number of benzene rings is 1. The van der Waals surface area contributed by atoms with Crippen molar-refractivity contribution in [3.63, 3.8) is 0 Å². The number of pyridine rings is 2. The largest absolute Gasteiger partial charge is 0.504 e. The molecular formula is C33H39ClN6O5. The van der Waals surface area contributed by atoms with Gasteiger partial charge in [0.2, 0.25) is 0 Å². The van der Waals surface area contributed by atoms with Crippen LogP contribution in [-0.4, -0.2) is 74.0 Å². The van der Waals surface area contributed by atoms with E-state index in [-0.39, 0.29) is 40.3 Å². The summed E-state index contributed by atoms with van der Waals surface area (Å²) in [7, 11) is 1.46. The second-order valence-electron chi connectivity index (χ2n) is 12.6. The van der Waals surface area contributed by atoms with Gasteiger partial charge in [0.15, 0.2) is 17.1 Å². The predicted octanol–water partition coefficient (Wildman–Crippen LogP) is 6.09. The van der Waals surface area contributed by atoms with Crippen molar-refractivity contribution < 1.29 is 19.4 Å². The van der Waals surface area contributed by atoms with Gasteiger partial charge in [-0.1, -0.05) is 31.5 Å². The number of phenolic OH excluding ortho intramolecular Hbond substituents is 1. The number of nitrogens with zero attached hydrogens (tertiary/aromatic N) is 6. The average molecular weight is 635 g/mol. The normalized spacial score (nSPS) is 15.6. The molecule has 1 aliphatic rings. The van der Waals surface area contributed by atoms with E-state index in [1.54, 1.807) is 35.4 Å². The molecule has 4 heterocycles. The number of piperazine rings is 1. The summed E-state index contributed by atoms with van der Waals surface area (Å²) in [6.45, 7) is 14.6. The van der Waals surface area contributed by atoms with E-state index in [1.807, 2.05) is 59.4 Å². The molecule has 1 N–H and O–H groups in total. The Morgan fingerprint density at radius 3 is 2.53 bits per heavy atom. The van der Waals surface area contributed by atoms with Crippen molar-refractivity contribution in [3.05, 3.63) is 63.3 Å². The predicted molar refractivity (Wildman–Crippen MR) is 175 cm³/mol. The van der Waals surface area contributed by atoms with E-state index in [2.05, 4.69) is 9.97 Å². The fourth-order valence-corrected chi connectivity index (χ4v) is 5.90.